The fourth-order valence-electron chi connectivity index (χ4n) is 3.97. The van der Waals surface area contributed by atoms with E-state index in [9.17, 15) is 13.2 Å². The van der Waals surface area contributed by atoms with Crippen molar-refractivity contribution in [3.05, 3.63) is 84.2 Å². The van der Waals surface area contributed by atoms with Gasteiger partial charge in [0.2, 0.25) is 9.84 Å². The van der Waals surface area contributed by atoms with Crippen molar-refractivity contribution in [3.63, 3.8) is 0 Å². The van der Waals surface area contributed by atoms with Crippen LogP contribution in [0.25, 0.3) is 21.8 Å². The number of aromatic nitrogens is 4. The third kappa shape index (κ3) is 3.56. The van der Waals surface area contributed by atoms with Crippen molar-refractivity contribution in [3.8, 4) is 0 Å². The van der Waals surface area contributed by atoms with Crippen LogP contribution in [0.15, 0.2) is 77.0 Å². The first-order valence-corrected chi connectivity index (χ1v) is 11.8. The molecule has 0 radical (unpaired) electrons. The van der Waals surface area contributed by atoms with Crippen molar-refractivity contribution in [1.82, 2.24) is 24.8 Å². The summed E-state index contributed by atoms with van der Waals surface area (Å²) in [7, 11) is -2.12. The molecule has 9 heteroatoms. The van der Waals surface area contributed by atoms with Gasteiger partial charge in [-0.1, -0.05) is 12.1 Å². The molecule has 8 nitrogen and oxygen atoms in total. The van der Waals surface area contributed by atoms with Crippen molar-refractivity contribution in [2.24, 2.45) is 7.05 Å². The quantitative estimate of drug-likeness (QED) is 0.418. The summed E-state index contributed by atoms with van der Waals surface area (Å²) in [6.45, 7) is 1.96. The number of fused-ring (bicyclic) bond motifs is 2. The first-order valence-electron chi connectivity index (χ1n) is 10.3. The molecule has 166 valence electrons. The van der Waals surface area contributed by atoms with Crippen molar-refractivity contribution in [1.29, 1.82) is 0 Å². The van der Waals surface area contributed by atoms with Crippen LogP contribution in [-0.4, -0.2) is 33.8 Å². The van der Waals surface area contributed by atoms with E-state index in [2.05, 4.69) is 20.3 Å². The summed E-state index contributed by atoms with van der Waals surface area (Å²) in [4.78, 5) is 24.6. The number of carbonyl (C=O) groups excluding carboxylic acids is 1. The van der Waals surface area contributed by atoms with Gasteiger partial charge < -0.3 is 14.9 Å². The normalized spacial score (nSPS) is 11.8. The Balaban J connectivity index is 1.44. The molecule has 0 spiro atoms. The van der Waals surface area contributed by atoms with Gasteiger partial charge in [-0.05, 0) is 48.9 Å². The molecule has 0 bridgehead atoms. The Morgan fingerprint density at radius 3 is 2.85 bits per heavy atom. The Morgan fingerprint density at radius 1 is 1.15 bits per heavy atom. The zero-order chi connectivity index (χ0) is 23.2. The minimum atomic E-state index is -3.80. The number of carbonyl (C=O) groups is 1. The fraction of sp³-hybridized carbons (Fsp3) is 0.125. The number of sulfone groups is 1. The molecule has 0 saturated carbocycles. The van der Waals surface area contributed by atoms with Crippen LogP contribution in [0.2, 0.25) is 0 Å². The summed E-state index contributed by atoms with van der Waals surface area (Å²) < 4.78 is 28.3. The van der Waals surface area contributed by atoms with Gasteiger partial charge in [-0.15, -0.1) is 0 Å². The molecule has 0 aliphatic heterocycles. The lowest BCUT2D eigenvalue weighted by atomic mass is 10.1. The largest absolute Gasteiger partial charge is 0.361 e. The van der Waals surface area contributed by atoms with Crippen LogP contribution in [0.4, 0.5) is 0 Å². The summed E-state index contributed by atoms with van der Waals surface area (Å²) in [5.41, 5.74) is 3.29. The van der Waals surface area contributed by atoms with E-state index in [1.165, 1.54) is 12.4 Å². The molecule has 2 aromatic carbocycles. The summed E-state index contributed by atoms with van der Waals surface area (Å²) in [6.07, 6.45) is 4.95. The van der Waals surface area contributed by atoms with Crippen LogP contribution in [0.5, 0.6) is 0 Å². The van der Waals surface area contributed by atoms with E-state index >= 15 is 0 Å². The second kappa shape index (κ2) is 7.86. The van der Waals surface area contributed by atoms with Crippen molar-refractivity contribution >= 4 is 37.6 Å². The molecule has 3 heterocycles. The highest BCUT2D eigenvalue weighted by molar-refractivity contribution is 7.91. The average molecular weight is 460 g/mol. The molecule has 33 heavy (non-hydrogen) atoms. The van der Waals surface area contributed by atoms with Crippen LogP contribution < -0.4 is 5.32 Å². The average Bonchev–Trinajstić information content (AvgIpc) is 3.41. The number of rotatable bonds is 5. The number of aromatic amines is 1. The molecule has 0 aliphatic rings. The summed E-state index contributed by atoms with van der Waals surface area (Å²) >= 11 is 0. The number of amides is 1. The fourth-order valence-corrected chi connectivity index (χ4v) is 5.55. The lowest BCUT2D eigenvalue weighted by Gasteiger charge is -2.09. The standard InChI is InChI=1S/C24H21N5O3S/c1-15-23(33(31,32)18-6-7-20-16(10-18)8-9-26-20)11-22(29(15)2)24(30)27-12-17-4-3-5-21-19(17)13-25-14-28-21/h3-11,13-14,26H,12H2,1-2H3,(H,27,30). The lowest BCUT2D eigenvalue weighted by molar-refractivity contribution is 0.0942. The van der Waals surface area contributed by atoms with E-state index in [0.717, 1.165) is 27.4 Å². The molecule has 1 amide bonds. The zero-order valence-electron chi connectivity index (χ0n) is 18.0. The predicted octanol–water partition coefficient (Wildman–Crippen LogP) is 3.52. The van der Waals surface area contributed by atoms with Crippen molar-refractivity contribution in [2.75, 3.05) is 0 Å². The topological polar surface area (TPSA) is 110 Å². The van der Waals surface area contributed by atoms with Gasteiger partial charge in [-0.2, -0.15) is 0 Å². The molecule has 0 unspecified atom stereocenters. The maximum Gasteiger partial charge on any atom is 0.268 e. The van der Waals surface area contributed by atoms with Crippen molar-refractivity contribution in [2.45, 2.75) is 23.3 Å². The molecule has 0 aliphatic carbocycles. The van der Waals surface area contributed by atoms with Gasteiger partial charge in [-0.3, -0.25) is 4.79 Å². The number of H-pyrrole nitrogens is 1. The van der Waals surface area contributed by atoms with Crippen LogP contribution in [0.3, 0.4) is 0 Å². The maximum absolute atomic E-state index is 13.4. The van der Waals surface area contributed by atoms with Crippen LogP contribution >= 0.6 is 0 Å². The lowest BCUT2D eigenvalue weighted by Crippen LogP contribution is -2.25. The molecule has 0 saturated heterocycles. The van der Waals surface area contributed by atoms with Gasteiger partial charge in [-0.25, -0.2) is 18.4 Å². The minimum Gasteiger partial charge on any atom is -0.361 e. The molecule has 3 aromatic heterocycles. The monoisotopic (exact) mass is 459 g/mol. The Bertz CT molecular complexity index is 1630. The van der Waals surface area contributed by atoms with Gasteiger partial charge in [0.1, 0.15) is 12.0 Å². The molecular weight excluding hydrogens is 438 g/mol. The summed E-state index contributed by atoms with van der Waals surface area (Å²) in [5, 5.41) is 4.55. The molecule has 2 N–H and O–H groups in total. The van der Waals surface area contributed by atoms with Crippen LogP contribution in [0.1, 0.15) is 21.7 Å². The van der Waals surface area contributed by atoms with Gasteiger partial charge in [0.05, 0.1) is 15.3 Å². The molecule has 0 atom stereocenters. The Hall–Kier alpha value is -3.98. The van der Waals surface area contributed by atoms with Gasteiger partial charge in [0.15, 0.2) is 0 Å². The highest BCUT2D eigenvalue weighted by Crippen LogP contribution is 2.28. The van der Waals surface area contributed by atoms with Crippen LogP contribution in [0, 0.1) is 6.92 Å². The first kappa shape index (κ1) is 20.9. The van der Waals surface area contributed by atoms with Gasteiger partial charge >= 0.3 is 0 Å². The molecule has 0 fully saturated rings. The van der Waals surface area contributed by atoms with E-state index < -0.39 is 9.84 Å². The first-order chi connectivity index (χ1) is 15.9. The highest BCUT2D eigenvalue weighted by atomic mass is 32.2. The second-order valence-corrected chi connectivity index (χ2v) is 9.74. The molecule has 5 aromatic rings. The van der Waals surface area contributed by atoms with Gasteiger partial charge in [0, 0.05) is 48.0 Å². The summed E-state index contributed by atoms with van der Waals surface area (Å²) in [5.74, 6) is -0.364. The SMILES string of the molecule is Cc1c(S(=O)(=O)c2ccc3[nH]ccc3c2)cc(C(=O)NCc2cccc3ncncc23)n1C. The van der Waals surface area contributed by atoms with E-state index in [1.807, 2.05) is 24.3 Å². The van der Waals surface area contributed by atoms with E-state index in [4.69, 9.17) is 0 Å². The molecular formula is C24H21N5O3S. The Morgan fingerprint density at radius 2 is 2.00 bits per heavy atom. The highest BCUT2D eigenvalue weighted by Gasteiger charge is 2.26. The van der Waals surface area contributed by atoms with Gasteiger partial charge in [0.25, 0.3) is 5.91 Å². The van der Waals surface area contributed by atoms with Crippen LogP contribution in [-0.2, 0) is 23.4 Å². The van der Waals surface area contributed by atoms with E-state index in [1.54, 1.807) is 49.1 Å². The smallest absolute Gasteiger partial charge is 0.268 e. The zero-order valence-corrected chi connectivity index (χ0v) is 18.8. The number of nitrogens with zero attached hydrogens (tertiary/aromatic N) is 3. The van der Waals surface area contributed by atoms with E-state index in [-0.39, 0.29) is 27.9 Å². The third-order valence-corrected chi connectivity index (χ3v) is 7.79. The Labute approximate surface area is 190 Å². The third-order valence-electron chi connectivity index (χ3n) is 5.93. The molecule has 5 rings (SSSR count). The number of hydrogen-bond acceptors (Lipinski definition) is 5. The number of nitrogens with one attached hydrogen (secondary N) is 2. The minimum absolute atomic E-state index is 0.114. The number of benzene rings is 2. The maximum atomic E-state index is 13.4. The van der Waals surface area contributed by atoms with Crippen molar-refractivity contribution < 1.29 is 13.2 Å². The van der Waals surface area contributed by atoms with E-state index in [0.29, 0.717) is 5.69 Å². The summed E-state index contributed by atoms with van der Waals surface area (Å²) in [6, 6.07) is 13.9. The predicted molar refractivity (Wildman–Crippen MR) is 125 cm³/mol. The Kier molecular flexibility index (Phi) is 4.98. The number of hydrogen-bond donors (Lipinski definition) is 2. The second-order valence-electron chi connectivity index (χ2n) is 7.82.